The van der Waals surface area contributed by atoms with E-state index in [1.165, 1.54) is 5.56 Å². The maximum atomic E-state index is 5.75. The smallest absolute Gasteiger partial charge is 0.0544 e. The second kappa shape index (κ2) is 6.53. The Morgan fingerprint density at radius 2 is 1.72 bits per heavy atom. The minimum atomic E-state index is 0.570. The normalized spacial score (nSPS) is 10.6. The van der Waals surface area contributed by atoms with Gasteiger partial charge in [-0.05, 0) is 30.2 Å². The zero-order valence-electron chi connectivity index (χ0n) is 10.5. The van der Waals surface area contributed by atoms with Crippen LogP contribution in [0, 0.1) is 6.92 Å². The molecule has 0 saturated carbocycles. The van der Waals surface area contributed by atoms with Gasteiger partial charge in [-0.3, -0.25) is 4.98 Å². The van der Waals surface area contributed by atoms with E-state index in [-0.39, 0.29) is 0 Å². The Hall–Kier alpha value is -1.38. The summed E-state index contributed by atoms with van der Waals surface area (Å²) in [6.45, 7) is 3.64. The second-order valence-electron chi connectivity index (χ2n) is 4.32. The molecule has 0 atom stereocenters. The number of hydrogen-bond donors (Lipinski definition) is 1. The van der Waals surface area contributed by atoms with Gasteiger partial charge in [0.05, 0.1) is 5.69 Å². The molecule has 0 aliphatic rings. The van der Waals surface area contributed by atoms with Gasteiger partial charge in [0, 0.05) is 24.7 Å². The first-order chi connectivity index (χ1) is 8.78. The Bertz CT molecular complexity index is 494. The van der Waals surface area contributed by atoms with Crippen LogP contribution < -0.4 is 5.32 Å². The fourth-order valence-electron chi connectivity index (χ4n) is 1.78. The predicted octanol–water partition coefficient (Wildman–Crippen LogP) is 3.42. The van der Waals surface area contributed by atoms with Crippen LogP contribution in [-0.2, 0) is 19.0 Å². The molecule has 2 rings (SSSR count). The van der Waals surface area contributed by atoms with Crippen molar-refractivity contribution in [3.63, 3.8) is 0 Å². The van der Waals surface area contributed by atoms with Crippen molar-refractivity contribution in [1.82, 2.24) is 10.3 Å². The lowest BCUT2D eigenvalue weighted by Crippen LogP contribution is -2.13. The molecule has 0 aliphatic heterocycles. The first kappa shape index (κ1) is 13.1. The first-order valence-electron chi connectivity index (χ1n) is 6.05. The average Bonchev–Trinajstić information content (AvgIpc) is 2.40. The summed E-state index contributed by atoms with van der Waals surface area (Å²) in [4.78, 5) is 4.45. The zero-order chi connectivity index (χ0) is 12.8. The van der Waals surface area contributed by atoms with Crippen LogP contribution in [0.5, 0.6) is 0 Å². The van der Waals surface area contributed by atoms with E-state index >= 15 is 0 Å². The minimum Gasteiger partial charge on any atom is -0.307 e. The highest BCUT2D eigenvalue weighted by Gasteiger charge is 1.96. The molecule has 0 unspecified atom stereocenters. The number of alkyl halides is 1. The molecule has 0 amide bonds. The number of halogens is 1. The quantitative estimate of drug-likeness (QED) is 0.834. The highest BCUT2D eigenvalue weighted by Crippen LogP contribution is 2.07. The van der Waals surface area contributed by atoms with Crippen LogP contribution in [0.3, 0.4) is 0 Å². The molecule has 1 N–H and O–H groups in total. The maximum absolute atomic E-state index is 5.75. The van der Waals surface area contributed by atoms with Crippen LogP contribution in [0.1, 0.15) is 22.5 Å². The van der Waals surface area contributed by atoms with Crippen molar-refractivity contribution >= 4 is 11.6 Å². The van der Waals surface area contributed by atoms with Crippen molar-refractivity contribution in [2.75, 3.05) is 0 Å². The molecule has 0 fully saturated rings. The highest BCUT2D eigenvalue weighted by molar-refractivity contribution is 6.17. The van der Waals surface area contributed by atoms with E-state index in [4.69, 9.17) is 11.6 Å². The van der Waals surface area contributed by atoms with Crippen molar-refractivity contribution in [2.24, 2.45) is 0 Å². The summed E-state index contributed by atoms with van der Waals surface area (Å²) in [5, 5.41) is 3.39. The van der Waals surface area contributed by atoms with Crippen molar-refractivity contribution in [2.45, 2.75) is 25.9 Å². The average molecular weight is 261 g/mol. The van der Waals surface area contributed by atoms with E-state index in [2.05, 4.69) is 34.6 Å². The summed E-state index contributed by atoms with van der Waals surface area (Å²) in [6.07, 6.45) is 0. The molecule has 2 nitrogen and oxygen atoms in total. The molecule has 0 spiro atoms. The van der Waals surface area contributed by atoms with E-state index in [0.29, 0.717) is 5.88 Å². The minimum absolute atomic E-state index is 0.570. The second-order valence-corrected chi connectivity index (χ2v) is 4.59. The molecule has 1 aromatic heterocycles. The van der Waals surface area contributed by atoms with E-state index in [1.807, 2.05) is 25.1 Å². The third-order valence-electron chi connectivity index (χ3n) is 2.76. The monoisotopic (exact) mass is 260 g/mol. The van der Waals surface area contributed by atoms with Gasteiger partial charge in [0.25, 0.3) is 0 Å². The molecule has 94 valence electrons. The molecule has 3 heteroatoms. The Labute approximate surface area is 113 Å². The molecule has 0 radical (unpaired) electrons. The van der Waals surface area contributed by atoms with Gasteiger partial charge in [-0.25, -0.2) is 0 Å². The Morgan fingerprint density at radius 3 is 2.39 bits per heavy atom. The lowest BCUT2D eigenvalue weighted by molar-refractivity contribution is 0.678. The van der Waals surface area contributed by atoms with E-state index < -0.39 is 0 Å². The molecule has 1 aromatic carbocycles. The van der Waals surface area contributed by atoms with Crippen molar-refractivity contribution < 1.29 is 0 Å². The number of hydrogen-bond acceptors (Lipinski definition) is 2. The van der Waals surface area contributed by atoms with Gasteiger partial charge in [-0.1, -0.05) is 30.3 Å². The van der Waals surface area contributed by atoms with Gasteiger partial charge < -0.3 is 5.32 Å². The molecule has 2 aromatic rings. The summed E-state index contributed by atoms with van der Waals surface area (Å²) < 4.78 is 0. The summed E-state index contributed by atoms with van der Waals surface area (Å²) in [7, 11) is 0. The van der Waals surface area contributed by atoms with Crippen LogP contribution in [0.15, 0.2) is 42.5 Å². The van der Waals surface area contributed by atoms with Gasteiger partial charge in [-0.15, -0.1) is 11.6 Å². The fraction of sp³-hybridized carbons (Fsp3) is 0.267. The lowest BCUT2D eigenvalue weighted by Gasteiger charge is -2.06. The van der Waals surface area contributed by atoms with Gasteiger partial charge >= 0.3 is 0 Å². The number of aromatic nitrogens is 1. The van der Waals surface area contributed by atoms with Crippen molar-refractivity contribution in [3.8, 4) is 0 Å². The van der Waals surface area contributed by atoms with Gasteiger partial charge in [-0.2, -0.15) is 0 Å². The number of benzene rings is 1. The van der Waals surface area contributed by atoms with E-state index in [9.17, 15) is 0 Å². The molecule has 0 aliphatic carbocycles. The first-order valence-corrected chi connectivity index (χ1v) is 6.58. The Balaban J connectivity index is 1.84. The SMILES string of the molecule is Cc1cccc(CNCc2ccc(CCl)cc2)n1. The number of nitrogens with one attached hydrogen (secondary N) is 1. The Kier molecular flexibility index (Phi) is 4.73. The van der Waals surface area contributed by atoms with Crippen LogP contribution in [0.4, 0.5) is 0 Å². The highest BCUT2D eigenvalue weighted by atomic mass is 35.5. The summed E-state index contributed by atoms with van der Waals surface area (Å²) >= 11 is 5.75. The predicted molar refractivity (Wildman–Crippen MR) is 75.5 cm³/mol. The topological polar surface area (TPSA) is 24.9 Å². The van der Waals surface area contributed by atoms with Crippen LogP contribution in [-0.4, -0.2) is 4.98 Å². The summed E-state index contributed by atoms with van der Waals surface area (Å²) in [5.41, 5.74) is 4.55. The molecule has 0 saturated heterocycles. The summed E-state index contributed by atoms with van der Waals surface area (Å²) in [6, 6.07) is 14.4. The van der Waals surface area contributed by atoms with Crippen LogP contribution in [0.25, 0.3) is 0 Å². The van der Waals surface area contributed by atoms with Crippen LogP contribution in [0.2, 0.25) is 0 Å². The molecule has 1 heterocycles. The van der Waals surface area contributed by atoms with Crippen LogP contribution >= 0.6 is 11.6 Å². The molecular formula is C15H17ClN2. The van der Waals surface area contributed by atoms with Gasteiger partial charge in [0.15, 0.2) is 0 Å². The number of nitrogens with zero attached hydrogens (tertiary/aromatic N) is 1. The van der Waals surface area contributed by atoms with Gasteiger partial charge in [0.2, 0.25) is 0 Å². The number of rotatable bonds is 5. The van der Waals surface area contributed by atoms with E-state index in [1.54, 1.807) is 0 Å². The lowest BCUT2D eigenvalue weighted by atomic mass is 10.1. The van der Waals surface area contributed by atoms with E-state index in [0.717, 1.165) is 30.0 Å². The Morgan fingerprint density at radius 1 is 1.00 bits per heavy atom. The fourth-order valence-corrected chi connectivity index (χ4v) is 1.96. The molecule has 0 bridgehead atoms. The largest absolute Gasteiger partial charge is 0.307 e. The number of aryl methyl sites for hydroxylation is 1. The molecule has 18 heavy (non-hydrogen) atoms. The number of pyridine rings is 1. The third kappa shape index (κ3) is 3.83. The standard InChI is InChI=1S/C15H17ClN2/c1-12-3-2-4-15(18-12)11-17-10-14-7-5-13(9-16)6-8-14/h2-8,17H,9-11H2,1H3. The van der Waals surface area contributed by atoms with Gasteiger partial charge in [0.1, 0.15) is 0 Å². The maximum Gasteiger partial charge on any atom is 0.0544 e. The third-order valence-corrected chi connectivity index (χ3v) is 3.07. The zero-order valence-corrected chi connectivity index (χ0v) is 11.2. The van der Waals surface area contributed by atoms with Crippen molar-refractivity contribution in [3.05, 3.63) is 65.0 Å². The van der Waals surface area contributed by atoms with Crippen molar-refractivity contribution in [1.29, 1.82) is 0 Å². The summed E-state index contributed by atoms with van der Waals surface area (Å²) in [5.74, 6) is 0.570. The molecular weight excluding hydrogens is 244 g/mol.